The normalized spacial score (nSPS) is 12.8. The Balaban J connectivity index is 2.53. The Hall–Kier alpha value is -1.20. The summed E-state index contributed by atoms with van der Waals surface area (Å²) >= 11 is 0. The lowest BCUT2D eigenvalue weighted by Crippen LogP contribution is -2.18. The van der Waals surface area contributed by atoms with E-state index >= 15 is 0 Å². The molecule has 0 saturated carbocycles. The Morgan fingerprint density at radius 3 is 2.20 bits per heavy atom. The zero-order valence-electron chi connectivity index (χ0n) is 12.3. The highest BCUT2D eigenvalue weighted by atomic mass is 19.1. The van der Waals surface area contributed by atoms with Gasteiger partial charge in [-0.15, -0.1) is 0 Å². The fraction of sp³-hybridized carbons (Fsp3) is 0.600. The van der Waals surface area contributed by atoms with Crippen LogP contribution in [0.1, 0.15) is 26.3 Å². The molecule has 114 valence electrons. The fourth-order valence-electron chi connectivity index (χ4n) is 1.76. The van der Waals surface area contributed by atoms with Crippen LogP contribution in [0.15, 0.2) is 12.1 Å². The average Bonchev–Trinajstić information content (AvgIpc) is 2.30. The van der Waals surface area contributed by atoms with Gasteiger partial charge in [-0.3, -0.25) is 0 Å². The smallest absolute Gasteiger partial charge is 0.190 e. The van der Waals surface area contributed by atoms with Gasteiger partial charge in [0.15, 0.2) is 17.4 Å². The highest BCUT2D eigenvalue weighted by molar-refractivity contribution is 5.31. The average molecular weight is 287 g/mol. The molecule has 5 heteroatoms. The van der Waals surface area contributed by atoms with E-state index in [1.165, 1.54) is 12.1 Å². The molecular formula is C15H23F2NO2. The Kier molecular flexibility index (Phi) is 6.88. The molecule has 0 radical (unpaired) electrons. The van der Waals surface area contributed by atoms with Gasteiger partial charge < -0.3 is 15.2 Å². The quantitative estimate of drug-likeness (QED) is 0.748. The monoisotopic (exact) mass is 287 g/mol. The van der Waals surface area contributed by atoms with Crippen LogP contribution in [0.3, 0.4) is 0 Å². The number of nitrogens with two attached hydrogens (primary N) is 1. The Morgan fingerprint density at radius 1 is 1.10 bits per heavy atom. The molecule has 0 aliphatic rings. The minimum absolute atomic E-state index is 0.118. The molecule has 0 fully saturated rings. The minimum Gasteiger partial charge on any atom is -0.485 e. The van der Waals surface area contributed by atoms with E-state index in [4.69, 9.17) is 15.2 Å². The van der Waals surface area contributed by atoms with E-state index in [0.29, 0.717) is 31.1 Å². The van der Waals surface area contributed by atoms with Gasteiger partial charge in [0, 0.05) is 12.6 Å². The second-order valence-corrected chi connectivity index (χ2v) is 5.39. The minimum atomic E-state index is -0.704. The molecule has 20 heavy (non-hydrogen) atoms. The topological polar surface area (TPSA) is 44.5 Å². The van der Waals surface area contributed by atoms with Gasteiger partial charge in [0.1, 0.15) is 6.61 Å². The molecule has 0 bridgehead atoms. The highest BCUT2D eigenvalue weighted by Gasteiger charge is 2.13. The Bertz CT molecular complexity index is 399. The molecule has 1 unspecified atom stereocenters. The number of rotatable bonds is 8. The molecule has 1 rings (SSSR count). The van der Waals surface area contributed by atoms with E-state index in [-0.39, 0.29) is 18.4 Å². The van der Waals surface area contributed by atoms with Crippen LogP contribution in [0, 0.1) is 17.6 Å². The van der Waals surface area contributed by atoms with Gasteiger partial charge >= 0.3 is 0 Å². The van der Waals surface area contributed by atoms with E-state index in [0.717, 1.165) is 0 Å². The zero-order valence-corrected chi connectivity index (χ0v) is 12.3. The van der Waals surface area contributed by atoms with Gasteiger partial charge in [-0.05, 0) is 37.0 Å². The fourth-order valence-corrected chi connectivity index (χ4v) is 1.76. The predicted molar refractivity (Wildman–Crippen MR) is 74.9 cm³/mol. The Morgan fingerprint density at radius 2 is 1.70 bits per heavy atom. The van der Waals surface area contributed by atoms with Crippen molar-refractivity contribution in [1.82, 2.24) is 0 Å². The van der Waals surface area contributed by atoms with Gasteiger partial charge in [-0.2, -0.15) is 0 Å². The van der Waals surface area contributed by atoms with Crippen molar-refractivity contribution >= 4 is 0 Å². The van der Waals surface area contributed by atoms with Gasteiger partial charge in [0.2, 0.25) is 0 Å². The van der Waals surface area contributed by atoms with Crippen LogP contribution < -0.4 is 10.5 Å². The lowest BCUT2D eigenvalue weighted by atomic mass is 10.1. The predicted octanol–water partition coefficient (Wildman–Crippen LogP) is 2.91. The molecule has 2 N–H and O–H groups in total. The first kappa shape index (κ1) is 16.9. The SMILES string of the molecule is CC(C)COCCOc1c(F)cc(CC(C)N)cc1F. The van der Waals surface area contributed by atoms with E-state index < -0.39 is 11.6 Å². The summed E-state index contributed by atoms with van der Waals surface area (Å²) in [5.74, 6) is -1.35. The van der Waals surface area contributed by atoms with Crippen LogP contribution in [0.25, 0.3) is 0 Å². The maximum absolute atomic E-state index is 13.8. The largest absolute Gasteiger partial charge is 0.485 e. The van der Waals surface area contributed by atoms with Crippen LogP contribution in [-0.2, 0) is 11.2 Å². The first-order valence-electron chi connectivity index (χ1n) is 6.84. The van der Waals surface area contributed by atoms with Crippen LogP contribution in [0.5, 0.6) is 5.75 Å². The van der Waals surface area contributed by atoms with Crippen molar-refractivity contribution in [3.8, 4) is 5.75 Å². The van der Waals surface area contributed by atoms with E-state index in [1.54, 1.807) is 6.92 Å². The van der Waals surface area contributed by atoms with Crippen molar-refractivity contribution < 1.29 is 18.3 Å². The molecule has 0 aromatic heterocycles. The summed E-state index contributed by atoms with van der Waals surface area (Å²) in [4.78, 5) is 0. The molecule has 3 nitrogen and oxygen atoms in total. The summed E-state index contributed by atoms with van der Waals surface area (Å²) in [6.45, 7) is 6.86. The third-order valence-electron chi connectivity index (χ3n) is 2.54. The first-order valence-corrected chi connectivity index (χ1v) is 6.84. The first-order chi connectivity index (χ1) is 9.40. The number of ether oxygens (including phenoxy) is 2. The highest BCUT2D eigenvalue weighted by Crippen LogP contribution is 2.23. The van der Waals surface area contributed by atoms with Crippen molar-refractivity contribution in [2.75, 3.05) is 19.8 Å². The summed E-state index contributed by atoms with van der Waals surface area (Å²) in [5, 5.41) is 0. The number of hydrogen-bond donors (Lipinski definition) is 1. The van der Waals surface area contributed by atoms with Gasteiger partial charge in [-0.1, -0.05) is 13.8 Å². The molecule has 0 aliphatic carbocycles. The Labute approximate surface area is 119 Å². The molecule has 1 aromatic rings. The standard InChI is InChI=1S/C15H23F2NO2/c1-10(2)9-19-4-5-20-15-13(16)7-12(6-11(3)18)8-14(15)17/h7-8,10-11H,4-6,9,18H2,1-3H3. The van der Waals surface area contributed by atoms with Crippen molar-refractivity contribution in [3.63, 3.8) is 0 Å². The maximum Gasteiger partial charge on any atom is 0.190 e. The van der Waals surface area contributed by atoms with Gasteiger partial charge in [0.05, 0.1) is 6.61 Å². The molecule has 1 atom stereocenters. The lowest BCUT2D eigenvalue weighted by Gasteiger charge is -2.12. The molecule has 0 saturated heterocycles. The molecule has 0 heterocycles. The van der Waals surface area contributed by atoms with E-state index in [1.807, 2.05) is 13.8 Å². The van der Waals surface area contributed by atoms with E-state index in [2.05, 4.69) is 0 Å². The van der Waals surface area contributed by atoms with Crippen molar-refractivity contribution in [1.29, 1.82) is 0 Å². The molecule has 0 spiro atoms. The van der Waals surface area contributed by atoms with Crippen molar-refractivity contribution in [2.45, 2.75) is 33.2 Å². The van der Waals surface area contributed by atoms with Crippen LogP contribution >= 0.6 is 0 Å². The molecule has 0 amide bonds. The number of hydrogen-bond acceptors (Lipinski definition) is 3. The molecular weight excluding hydrogens is 264 g/mol. The van der Waals surface area contributed by atoms with Crippen molar-refractivity contribution in [2.24, 2.45) is 11.7 Å². The van der Waals surface area contributed by atoms with Gasteiger partial charge in [0.25, 0.3) is 0 Å². The lowest BCUT2D eigenvalue weighted by molar-refractivity contribution is 0.0795. The third kappa shape index (κ3) is 5.84. The van der Waals surface area contributed by atoms with E-state index in [9.17, 15) is 8.78 Å². The summed E-state index contributed by atoms with van der Waals surface area (Å²) in [5.41, 5.74) is 6.13. The second-order valence-electron chi connectivity index (χ2n) is 5.39. The van der Waals surface area contributed by atoms with Crippen LogP contribution in [0.2, 0.25) is 0 Å². The summed E-state index contributed by atoms with van der Waals surface area (Å²) in [6.07, 6.45) is 0.422. The second kappa shape index (κ2) is 8.17. The number of halogens is 2. The maximum atomic E-state index is 13.8. The summed E-state index contributed by atoms with van der Waals surface area (Å²) in [6, 6.07) is 2.37. The summed E-state index contributed by atoms with van der Waals surface area (Å²) < 4.78 is 37.9. The van der Waals surface area contributed by atoms with Crippen molar-refractivity contribution in [3.05, 3.63) is 29.3 Å². The summed E-state index contributed by atoms with van der Waals surface area (Å²) in [7, 11) is 0. The molecule has 1 aromatic carbocycles. The van der Waals surface area contributed by atoms with Crippen LogP contribution in [-0.4, -0.2) is 25.9 Å². The zero-order chi connectivity index (χ0) is 15.1. The van der Waals surface area contributed by atoms with Gasteiger partial charge in [-0.25, -0.2) is 8.78 Å². The molecule has 0 aliphatic heterocycles. The number of benzene rings is 1. The third-order valence-corrected chi connectivity index (χ3v) is 2.54. The van der Waals surface area contributed by atoms with Crippen LogP contribution in [0.4, 0.5) is 8.78 Å².